The number of hydrogen-bond donors (Lipinski definition) is 2. The van der Waals surface area contributed by atoms with E-state index in [1.165, 1.54) is 14.0 Å². The van der Waals surface area contributed by atoms with Gasteiger partial charge in [0.05, 0.1) is 17.6 Å². The zero-order valence-corrected chi connectivity index (χ0v) is 20.7. The van der Waals surface area contributed by atoms with Crippen LogP contribution in [0.5, 0.6) is 5.75 Å². The number of methoxy groups -OCH3 is 1. The maximum Gasteiger partial charge on any atom is 0.416 e. The number of nitrogens with zero attached hydrogens (tertiary/aromatic N) is 1. The summed E-state index contributed by atoms with van der Waals surface area (Å²) < 4.78 is 71.3. The Morgan fingerprint density at radius 1 is 1.11 bits per heavy atom. The first kappa shape index (κ1) is 27.5. The first-order valence-electron chi connectivity index (χ1n) is 11.3. The molecule has 2 N–H and O–H groups in total. The highest BCUT2D eigenvalue weighted by atomic mass is 32.2. The number of benzene rings is 2. The number of nitrogens with one attached hydrogen (secondary N) is 2. The lowest BCUT2D eigenvalue weighted by Gasteiger charge is -2.32. The zero-order chi connectivity index (χ0) is 26.5. The molecular formula is C24H28F3N3O5S. The van der Waals surface area contributed by atoms with Crippen LogP contribution in [0.4, 0.5) is 13.2 Å². The van der Waals surface area contributed by atoms with Gasteiger partial charge < -0.3 is 15.4 Å². The quantitative estimate of drug-likeness (QED) is 0.550. The highest BCUT2D eigenvalue weighted by Gasteiger charge is 2.35. The summed E-state index contributed by atoms with van der Waals surface area (Å²) in [6.45, 7) is 1.36. The van der Waals surface area contributed by atoms with Gasteiger partial charge in [0.1, 0.15) is 11.8 Å². The number of amides is 2. The minimum Gasteiger partial charge on any atom is -0.496 e. The Bertz CT molecular complexity index is 1200. The van der Waals surface area contributed by atoms with Crippen LogP contribution >= 0.6 is 0 Å². The smallest absolute Gasteiger partial charge is 0.416 e. The van der Waals surface area contributed by atoms with Gasteiger partial charge in [-0.3, -0.25) is 9.59 Å². The molecule has 2 aromatic rings. The van der Waals surface area contributed by atoms with Crippen LogP contribution in [0.25, 0.3) is 0 Å². The van der Waals surface area contributed by atoms with Crippen LogP contribution in [0, 0.1) is 0 Å². The molecule has 8 nitrogen and oxygen atoms in total. The average Bonchev–Trinajstić information content (AvgIpc) is 2.83. The van der Waals surface area contributed by atoms with Crippen LogP contribution in [-0.4, -0.2) is 56.8 Å². The van der Waals surface area contributed by atoms with Crippen LogP contribution < -0.4 is 15.4 Å². The van der Waals surface area contributed by atoms with Crippen LogP contribution in [-0.2, 0) is 32.2 Å². The van der Waals surface area contributed by atoms with Crippen molar-refractivity contribution in [3.05, 3.63) is 59.7 Å². The third-order valence-corrected chi connectivity index (χ3v) is 7.80. The number of piperidine rings is 1. The van der Waals surface area contributed by atoms with E-state index in [9.17, 15) is 31.2 Å². The number of ether oxygens (including phenoxy) is 1. The molecule has 0 radical (unpaired) electrons. The number of rotatable bonds is 8. The van der Waals surface area contributed by atoms with Crippen molar-refractivity contribution in [2.45, 2.75) is 49.3 Å². The van der Waals surface area contributed by atoms with Crippen molar-refractivity contribution in [3.8, 4) is 5.75 Å². The fourth-order valence-electron chi connectivity index (χ4n) is 4.07. The zero-order valence-electron chi connectivity index (χ0n) is 19.8. The summed E-state index contributed by atoms with van der Waals surface area (Å²) in [5, 5.41) is 5.49. The molecule has 1 saturated heterocycles. The maximum absolute atomic E-state index is 13.0. The normalized spacial score (nSPS) is 16.2. The Morgan fingerprint density at radius 3 is 2.39 bits per heavy atom. The van der Waals surface area contributed by atoms with Gasteiger partial charge in [-0.15, -0.1) is 0 Å². The molecule has 12 heteroatoms. The van der Waals surface area contributed by atoms with Gasteiger partial charge in [0.15, 0.2) is 0 Å². The third-order valence-electron chi connectivity index (χ3n) is 5.91. The second kappa shape index (κ2) is 11.3. The first-order valence-corrected chi connectivity index (χ1v) is 12.7. The second-order valence-corrected chi connectivity index (χ2v) is 10.4. The van der Waals surface area contributed by atoms with Crippen LogP contribution in [0.2, 0.25) is 0 Å². The predicted molar refractivity (Wildman–Crippen MR) is 126 cm³/mol. The Balaban J connectivity index is 1.65. The Hall–Kier alpha value is -3.12. The number of carbonyl (C=O) groups is 2. The van der Waals surface area contributed by atoms with Crippen molar-refractivity contribution in [1.29, 1.82) is 0 Å². The molecule has 1 aliphatic rings. The number of hydrogen-bond acceptors (Lipinski definition) is 5. The van der Waals surface area contributed by atoms with Gasteiger partial charge in [-0.1, -0.05) is 24.3 Å². The van der Waals surface area contributed by atoms with Gasteiger partial charge in [0, 0.05) is 32.5 Å². The fraction of sp³-hybridized carbons (Fsp3) is 0.417. The van der Waals surface area contributed by atoms with E-state index in [-0.39, 0.29) is 44.3 Å². The Labute approximate surface area is 207 Å². The first-order chi connectivity index (χ1) is 16.9. The number of carbonyl (C=O) groups excluding carboxylic acids is 2. The van der Waals surface area contributed by atoms with Crippen molar-refractivity contribution in [3.63, 3.8) is 0 Å². The molecule has 1 atom stereocenters. The topological polar surface area (TPSA) is 105 Å². The molecule has 0 saturated carbocycles. The van der Waals surface area contributed by atoms with Gasteiger partial charge in [0.2, 0.25) is 21.8 Å². The summed E-state index contributed by atoms with van der Waals surface area (Å²) in [5.74, 6) is -0.226. The van der Waals surface area contributed by atoms with Gasteiger partial charge in [0.25, 0.3) is 0 Å². The number of para-hydroxylation sites is 1. The fourth-order valence-corrected chi connectivity index (χ4v) is 5.59. The summed E-state index contributed by atoms with van der Waals surface area (Å²) in [7, 11) is -2.62. The van der Waals surface area contributed by atoms with Gasteiger partial charge in [-0.25, -0.2) is 8.42 Å². The number of halogens is 3. The SMILES string of the molecule is COc1ccccc1CC(NC(C)=O)C(=O)NC1CCN(S(=O)(=O)c2cccc(C(F)(F)F)c2)CC1. The van der Waals surface area contributed by atoms with Crippen molar-refractivity contribution >= 4 is 21.8 Å². The van der Waals surface area contributed by atoms with Gasteiger partial charge in [-0.2, -0.15) is 17.5 Å². The molecule has 36 heavy (non-hydrogen) atoms. The second-order valence-electron chi connectivity index (χ2n) is 8.48. The molecule has 0 aliphatic carbocycles. The molecule has 3 rings (SSSR count). The van der Waals surface area contributed by atoms with E-state index in [2.05, 4.69) is 10.6 Å². The molecule has 1 aliphatic heterocycles. The average molecular weight is 528 g/mol. The Morgan fingerprint density at radius 2 is 1.78 bits per heavy atom. The Kier molecular flexibility index (Phi) is 8.62. The van der Waals surface area contributed by atoms with Crippen molar-refractivity contribution in [2.24, 2.45) is 0 Å². The maximum atomic E-state index is 13.0. The van der Waals surface area contributed by atoms with Gasteiger partial charge >= 0.3 is 6.18 Å². The molecule has 2 aromatic carbocycles. The van der Waals surface area contributed by atoms with E-state index in [0.29, 0.717) is 11.8 Å². The van der Waals surface area contributed by atoms with E-state index in [4.69, 9.17) is 4.74 Å². The van der Waals surface area contributed by atoms with Crippen LogP contribution in [0.3, 0.4) is 0 Å². The molecule has 196 valence electrons. The minimum atomic E-state index is -4.66. The summed E-state index contributed by atoms with van der Waals surface area (Å²) >= 11 is 0. The monoisotopic (exact) mass is 527 g/mol. The summed E-state index contributed by atoms with van der Waals surface area (Å²) in [6.07, 6.45) is -3.92. The highest BCUT2D eigenvalue weighted by Crippen LogP contribution is 2.31. The van der Waals surface area contributed by atoms with Crippen molar-refractivity contribution < 1.29 is 35.9 Å². The lowest BCUT2D eigenvalue weighted by Crippen LogP contribution is -2.53. The molecule has 1 fully saturated rings. The lowest BCUT2D eigenvalue weighted by molar-refractivity contribution is -0.137. The largest absolute Gasteiger partial charge is 0.496 e. The highest BCUT2D eigenvalue weighted by molar-refractivity contribution is 7.89. The van der Waals surface area contributed by atoms with E-state index in [0.717, 1.165) is 28.1 Å². The lowest BCUT2D eigenvalue weighted by atomic mass is 10.0. The third kappa shape index (κ3) is 6.76. The van der Waals surface area contributed by atoms with E-state index < -0.39 is 38.6 Å². The van der Waals surface area contributed by atoms with E-state index in [1.807, 2.05) is 0 Å². The number of sulfonamides is 1. The summed E-state index contributed by atoms with van der Waals surface area (Å²) in [4.78, 5) is 24.3. The van der Waals surface area contributed by atoms with Crippen LogP contribution in [0.15, 0.2) is 53.4 Å². The molecule has 0 spiro atoms. The summed E-state index contributed by atoms with van der Waals surface area (Å²) in [6, 6.07) is 9.52. The molecule has 1 heterocycles. The van der Waals surface area contributed by atoms with Crippen LogP contribution in [0.1, 0.15) is 30.9 Å². The summed E-state index contributed by atoms with van der Waals surface area (Å²) in [5.41, 5.74) is -0.305. The number of alkyl halides is 3. The van der Waals surface area contributed by atoms with Crippen molar-refractivity contribution in [2.75, 3.05) is 20.2 Å². The molecule has 1 unspecified atom stereocenters. The molecule has 0 aromatic heterocycles. The predicted octanol–water partition coefficient (Wildman–Crippen LogP) is 2.73. The van der Waals surface area contributed by atoms with Gasteiger partial charge in [-0.05, 0) is 42.7 Å². The molecule has 2 amide bonds. The van der Waals surface area contributed by atoms with E-state index in [1.54, 1.807) is 24.3 Å². The standard InChI is InChI=1S/C24H28F3N3O5S/c1-16(31)28-21(14-17-6-3-4-9-22(17)35-2)23(32)29-19-10-12-30(13-11-19)36(33,34)20-8-5-7-18(15-20)24(25,26)27/h3-9,15,19,21H,10-14H2,1-2H3,(H,28,31)(H,29,32). The minimum absolute atomic E-state index is 0.0286. The van der Waals surface area contributed by atoms with E-state index >= 15 is 0 Å². The molecular weight excluding hydrogens is 499 g/mol. The molecule has 0 bridgehead atoms. The van der Waals surface area contributed by atoms with Crippen molar-refractivity contribution in [1.82, 2.24) is 14.9 Å².